The molecule has 180 valence electrons. The minimum Gasteiger partial charge on any atom is -0.380 e. The first-order valence-corrected chi connectivity index (χ1v) is 12.2. The van der Waals surface area contributed by atoms with Gasteiger partial charge in [0.15, 0.2) is 0 Å². The standard InChI is InChI=1S/C28H34F2N4/c1-4-5-14-34-19(2)15-24-23-8-6-7-9-25(23)32-26(24)27(34)20-10-12-21(13-11-20)31-22-16-33(17-22)18-28(3,29)30/h4,6-13,19,22,27,31-32H,1,5,14-18H2,2-3H3/t19-,27-/m1/s1. The smallest absolute Gasteiger partial charge is 0.257 e. The van der Waals surface area contributed by atoms with Gasteiger partial charge < -0.3 is 10.3 Å². The molecule has 2 N–H and O–H groups in total. The number of anilines is 1. The number of alkyl halides is 2. The van der Waals surface area contributed by atoms with Crippen LogP contribution in [-0.4, -0.2) is 59.0 Å². The second-order valence-electron chi connectivity index (χ2n) is 10.1. The fourth-order valence-corrected chi connectivity index (χ4v) is 5.64. The number of likely N-dealkylation sites (tertiary alicyclic amines) is 1. The Labute approximate surface area is 200 Å². The van der Waals surface area contributed by atoms with Crippen molar-refractivity contribution >= 4 is 16.6 Å². The first-order chi connectivity index (χ1) is 16.3. The number of nitrogens with zero attached hydrogens (tertiary/aromatic N) is 2. The topological polar surface area (TPSA) is 34.3 Å². The van der Waals surface area contributed by atoms with Gasteiger partial charge in [-0.1, -0.05) is 36.4 Å². The van der Waals surface area contributed by atoms with E-state index in [1.165, 1.54) is 27.7 Å². The second kappa shape index (κ2) is 9.16. The summed E-state index contributed by atoms with van der Waals surface area (Å²) in [7, 11) is 0. The van der Waals surface area contributed by atoms with Gasteiger partial charge in [0.1, 0.15) is 0 Å². The summed E-state index contributed by atoms with van der Waals surface area (Å²) in [6.45, 7) is 9.33. The molecular weight excluding hydrogens is 430 g/mol. The van der Waals surface area contributed by atoms with E-state index in [0.29, 0.717) is 19.1 Å². The molecule has 2 atom stereocenters. The third kappa shape index (κ3) is 4.62. The molecule has 2 aromatic carbocycles. The molecular formula is C28H34F2N4. The number of hydrogen-bond donors (Lipinski definition) is 2. The Kier molecular flexibility index (Phi) is 6.21. The molecule has 3 heterocycles. The number of para-hydroxylation sites is 1. The summed E-state index contributed by atoms with van der Waals surface area (Å²) >= 11 is 0. The van der Waals surface area contributed by atoms with E-state index in [-0.39, 0.29) is 18.6 Å². The molecule has 2 aliphatic rings. The summed E-state index contributed by atoms with van der Waals surface area (Å²) in [6, 6.07) is 18.0. The number of aromatic amines is 1. The van der Waals surface area contributed by atoms with Crippen LogP contribution in [0.25, 0.3) is 10.9 Å². The van der Waals surface area contributed by atoms with Crippen molar-refractivity contribution in [3.05, 3.63) is 78.0 Å². The van der Waals surface area contributed by atoms with Crippen LogP contribution < -0.4 is 5.32 Å². The highest BCUT2D eigenvalue weighted by Gasteiger charge is 2.36. The zero-order valence-corrected chi connectivity index (χ0v) is 20.0. The molecule has 6 heteroatoms. The van der Waals surface area contributed by atoms with Crippen molar-refractivity contribution in [3.63, 3.8) is 0 Å². The Morgan fingerprint density at radius 3 is 2.59 bits per heavy atom. The fraction of sp³-hybridized carbons (Fsp3) is 0.429. The summed E-state index contributed by atoms with van der Waals surface area (Å²) in [5.41, 5.74) is 6.21. The molecule has 4 nitrogen and oxygen atoms in total. The number of H-pyrrole nitrogens is 1. The molecule has 1 saturated heterocycles. The SMILES string of the molecule is C=CCCN1[C@H](c2ccc(NC3CN(CC(C)(F)F)C3)cc2)c2[nH]c3ccccc3c2C[C@H]1C. The second-order valence-corrected chi connectivity index (χ2v) is 10.1. The molecule has 0 aliphatic carbocycles. The van der Waals surface area contributed by atoms with Crippen LogP contribution in [0, 0.1) is 0 Å². The molecule has 0 amide bonds. The third-order valence-corrected chi connectivity index (χ3v) is 7.16. The van der Waals surface area contributed by atoms with E-state index >= 15 is 0 Å². The van der Waals surface area contributed by atoms with E-state index in [1.807, 2.05) is 6.08 Å². The molecule has 34 heavy (non-hydrogen) atoms. The Balaban J connectivity index is 1.37. The fourth-order valence-electron chi connectivity index (χ4n) is 5.64. The summed E-state index contributed by atoms with van der Waals surface area (Å²) in [5, 5.41) is 4.82. The Morgan fingerprint density at radius 1 is 1.15 bits per heavy atom. The maximum Gasteiger partial charge on any atom is 0.257 e. The van der Waals surface area contributed by atoms with Crippen molar-refractivity contribution in [3.8, 4) is 0 Å². The maximum atomic E-state index is 13.2. The summed E-state index contributed by atoms with van der Waals surface area (Å²) in [6.07, 6.45) is 3.97. The average molecular weight is 465 g/mol. The molecule has 5 rings (SSSR count). The van der Waals surface area contributed by atoms with Crippen LogP contribution in [0.15, 0.2) is 61.2 Å². The summed E-state index contributed by atoms with van der Waals surface area (Å²) in [5.74, 6) is -2.64. The summed E-state index contributed by atoms with van der Waals surface area (Å²) in [4.78, 5) is 8.11. The van der Waals surface area contributed by atoms with Gasteiger partial charge in [0.05, 0.1) is 18.6 Å². The number of halogens is 2. The van der Waals surface area contributed by atoms with Gasteiger partial charge in [0, 0.05) is 54.9 Å². The highest BCUT2D eigenvalue weighted by molar-refractivity contribution is 5.85. The Hall–Kier alpha value is -2.70. The van der Waals surface area contributed by atoms with Crippen molar-refractivity contribution in [2.24, 2.45) is 0 Å². The Bertz CT molecular complexity index is 1140. The number of hydrogen-bond acceptors (Lipinski definition) is 3. The van der Waals surface area contributed by atoms with Gasteiger partial charge in [-0.15, -0.1) is 6.58 Å². The van der Waals surface area contributed by atoms with Gasteiger partial charge in [-0.05, 0) is 49.1 Å². The lowest BCUT2D eigenvalue weighted by Crippen LogP contribution is -2.57. The van der Waals surface area contributed by atoms with Crippen molar-refractivity contribution < 1.29 is 8.78 Å². The van der Waals surface area contributed by atoms with Gasteiger partial charge >= 0.3 is 0 Å². The number of aromatic nitrogens is 1. The van der Waals surface area contributed by atoms with E-state index in [1.54, 1.807) is 4.90 Å². The zero-order valence-electron chi connectivity index (χ0n) is 20.0. The molecule has 1 aromatic heterocycles. The number of rotatable bonds is 8. The van der Waals surface area contributed by atoms with Gasteiger partial charge in [0.2, 0.25) is 0 Å². The highest BCUT2D eigenvalue weighted by Crippen LogP contribution is 2.41. The molecule has 2 aliphatic heterocycles. The monoisotopic (exact) mass is 464 g/mol. The minimum absolute atomic E-state index is 0.158. The van der Waals surface area contributed by atoms with E-state index in [4.69, 9.17) is 0 Å². The van der Waals surface area contributed by atoms with Gasteiger partial charge in [-0.25, -0.2) is 8.78 Å². The largest absolute Gasteiger partial charge is 0.380 e. The van der Waals surface area contributed by atoms with E-state index in [2.05, 4.69) is 77.2 Å². The van der Waals surface area contributed by atoms with Crippen LogP contribution in [0.5, 0.6) is 0 Å². The summed E-state index contributed by atoms with van der Waals surface area (Å²) < 4.78 is 26.4. The van der Waals surface area contributed by atoms with E-state index < -0.39 is 5.92 Å². The lowest BCUT2D eigenvalue weighted by Gasteiger charge is -2.41. The molecule has 0 spiro atoms. The predicted molar refractivity (Wildman–Crippen MR) is 136 cm³/mol. The molecule has 0 bridgehead atoms. The first-order valence-electron chi connectivity index (χ1n) is 12.2. The molecule has 0 saturated carbocycles. The van der Waals surface area contributed by atoms with Crippen molar-refractivity contribution in [1.29, 1.82) is 0 Å². The molecule has 1 fully saturated rings. The molecule has 0 unspecified atom stereocenters. The van der Waals surface area contributed by atoms with Crippen LogP contribution >= 0.6 is 0 Å². The van der Waals surface area contributed by atoms with Crippen molar-refractivity contribution in [2.75, 3.05) is 31.5 Å². The number of nitrogens with one attached hydrogen (secondary N) is 2. The van der Waals surface area contributed by atoms with Gasteiger partial charge in [-0.3, -0.25) is 9.80 Å². The zero-order chi connectivity index (χ0) is 23.9. The van der Waals surface area contributed by atoms with Crippen LogP contribution in [0.3, 0.4) is 0 Å². The van der Waals surface area contributed by atoms with E-state index in [0.717, 1.165) is 32.0 Å². The minimum atomic E-state index is -2.64. The number of fused-ring (bicyclic) bond motifs is 3. The molecule has 0 radical (unpaired) electrons. The van der Waals surface area contributed by atoms with Crippen LogP contribution in [0.1, 0.15) is 43.1 Å². The van der Waals surface area contributed by atoms with Crippen LogP contribution in [0.4, 0.5) is 14.5 Å². The third-order valence-electron chi connectivity index (χ3n) is 7.16. The average Bonchev–Trinajstić information content (AvgIpc) is 3.14. The van der Waals surface area contributed by atoms with Crippen LogP contribution in [0.2, 0.25) is 0 Å². The van der Waals surface area contributed by atoms with Crippen molar-refractivity contribution in [2.45, 2.75) is 50.7 Å². The Morgan fingerprint density at radius 2 is 1.88 bits per heavy atom. The predicted octanol–water partition coefficient (Wildman–Crippen LogP) is 5.83. The first kappa shape index (κ1) is 23.1. The lowest BCUT2D eigenvalue weighted by molar-refractivity contribution is -0.0327. The number of benzene rings is 2. The highest BCUT2D eigenvalue weighted by atomic mass is 19.3. The van der Waals surface area contributed by atoms with Crippen LogP contribution in [-0.2, 0) is 6.42 Å². The van der Waals surface area contributed by atoms with Gasteiger partial charge in [0.25, 0.3) is 5.92 Å². The molecule has 3 aromatic rings. The lowest BCUT2D eigenvalue weighted by atomic mass is 9.88. The van der Waals surface area contributed by atoms with E-state index in [9.17, 15) is 8.78 Å². The van der Waals surface area contributed by atoms with Gasteiger partial charge in [-0.2, -0.15) is 0 Å². The normalized spacial score (nSPS) is 21.9. The quantitative estimate of drug-likeness (QED) is 0.412. The van der Waals surface area contributed by atoms with Crippen molar-refractivity contribution in [1.82, 2.24) is 14.8 Å². The maximum absolute atomic E-state index is 13.2.